The van der Waals surface area contributed by atoms with E-state index in [2.05, 4.69) is 20.6 Å². The highest BCUT2D eigenvalue weighted by atomic mass is 16.6. The number of anilines is 1. The van der Waals surface area contributed by atoms with Crippen molar-refractivity contribution in [3.63, 3.8) is 0 Å². The molecule has 2 N–H and O–H groups in total. The largest absolute Gasteiger partial charge is 0.467 e. The summed E-state index contributed by atoms with van der Waals surface area (Å²) in [5.41, 5.74) is 0.256. The molecule has 0 atom stereocenters. The molecule has 144 valence electrons. The Morgan fingerprint density at radius 1 is 1.30 bits per heavy atom. The van der Waals surface area contributed by atoms with E-state index in [1.165, 1.54) is 12.4 Å². The molecule has 0 aliphatic carbocycles. The minimum Gasteiger partial charge on any atom is -0.467 e. The van der Waals surface area contributed by atoms with E-state index in [0.29, 0.717) is 44.9 Å². The summed E-state index contributed by atoms with van der Waals surface area (Å²) in [4.78, 5) is 34.0. The standard InChI is InChI=1S/C18H23N5O4/c1-2-26-18(25)23-7-5-13(6-8-23)22-17(24)15-11-21-16(12-19-15)20-10-14-4-3-9-27-14/h3-4,9,11-13H,2,5-8,10H2,1H3,(H,20,21)(H,22,24). The van der Waals surface area contributed by atoms with Crippen LogP contribution in [0, 0.1) is 0 Å². The number of nitrogens with one attached hydrogen (secondary N) is 2. The number of rotatable bonds is 6. The molecule has 3 rings (SSSR count). The Morgan fingerprint density at radius 2 is 2.11 bits per heavy atom. The molecule has 0 unspecified atom stereocenters. The summed E-state index contributed by atoms with van der Waals surface area (Å²) in [6.45, 7) is 3.76. The fourth-order valence-corrected chi connectivity index (χ4v) is 2.81. The smallest absolute Gasteiger partial charge is 0.409 e. The molecule has 1 saturated heterocycles. The first kappa shape index (κ1) is 18.7. The molecule has 27 heavy (non-hydrogen) atoms. The monoisotopic (exact) mass is 373 g/mol. The van der Waals surface area contributed by atoms with Gasteiger partial charge in [0.25, 0.3) is 5.91 Å². The van der Waals surface area contributed by atoms with E-state index in [1.54, 1.807) is 18.1 Å². The van der Waals surface area contributed by atoms with Crippen LogP contribution in [0.4, 0.5) is 10.6 Å². The third-order valence-corrected chi connectivity index (χ3v) is 4.26. The maximum atomic E-state index is 12.3. The van der Waals surface area contributed by atoms with Crippen molar-refractivity contribution in [2.75, 3.05) is 25.0 Å². The number of piperidine rings is 1. The van der Waals surface area contributed by atoms with E-state index in [9.17, 15) is 9.59 Å². The van der Waals surface area contributed by atoms with E-state index in [1.807, 2.05) is 12.1 Å². The van der Waals surface area contributed by atoms with Gasteiger partial charge in [0, 0.05) is 19.1 Å². The topological polar surface area (TPSA) is 110 Å². The normalized spacial score (nSPS) is 14.6. The number of ether oxygens (including phenoxy) is 1. The van der Waals surface area contributed by atoms with Crippen LogP contribution in [0.25, 0.3) is 0 Å². The van der Waals surface area contributed by atoms with Crippen molar-refractivity contribution < 1.29 is 18.7 Å². The lowest BCUT2D eigenvalue weighted by Gasteiger charge is -2.31. The van der Waals surface area contributed by atoms with Crippen molar-refractivity contribution in [3.05, 3.63) is 42.2 Å². The molecule has 0 spiro atoms. The molecule has 9 nitrogen and oxygen atoms in total. The Kier molecular flexibility index (Phi) is 6.24. The number of amides is 2. The van der Waals surface area contributed by atoms with Crippen molar-refractivity contribution in [2.24, 2.45) is 0 Å². The number of likely N-dealkylation sites (tertiary alicyclic amines) is 1. The zero-order valence-corrected chi connectivity index (χ0v) is 15.2. The van der Waals surface area contributed by atoms with E-state index < -0.39 is 0 Å². The average Bonchev–Trinajstić information content (AvgIpc) is 3.21. The molecule has 1 aliphatic rings. The summed E-state index contributed by atoms with van der Waals surface area (Å²) in [6, 6.07) is 3.67. The lowest BCUT2D eigenvalue weighted by atomic mass is 10.1. The van der Waals surface area contributed by atoms with Crippen LogP contribution in [0.2, 0.25) is 0 Å². The highest BCUT2D eigenvalue weighted by Crippen LogP contribution is 2.12. The van der Waals surface area contributed by atoms with Gasteiger partial charge >= 0.3 is 6.09 Å². The number of hydrogen-bond acceptors (Lipinski definition) is 7. The van der Waals surface area contributed by atoms with Gasteiger partial charge in [0.15, 0.2) is 0 Å². The lowest BCUT2D eigenvalue weighted by Crippen LogP contribution is -2.46. The summed E-state index contributed by atoms with van der Waals surface area (Å²) < 4.78 is 10.2. The van der Waals surface area contributed by atoms with E-state index >= 15 is 0 Å². The molecule has 2 amide bonds. The second-order valence-electron chi connectivity index (χ2n) is 6.15. The van der Waals surface area contributed by atoms with Gasteiger partial charge in [-0.1, -0.05) is 0 Å². The summed E-state index contributed by atoms with van der Waals surface area (Å²) >= 11 is 0. The quantitative estimate of drug-likeness (QED) is 0.797. The summed E-state index contributed by atoms with van der Waals surface area (Å²) in [6.07, 6.45) is 5.62. The van der Waals surface area contributed by atoms with Crippen molar-refractivity contribution in [3.8, 4) is 0 Å². The zero-order chi connectivity index (χ0) is 19.1. The van der Waals surface area contributed by atoms with Crippen LogP contribution in [-0.4, -0.2) is 52.6 Å². The number of hydrogen-bond donors (Lipinski definition) is 2. The molecule has 1 aliphatic heterocycles. The van der Waals surface area contributed by atoms with Gasteiger partial charge in [-0.3, -0.25) is 4.79 Å². The van der Waals surface area contributed by atoms with Crippen LogP contribution in [0.5, 0.6) is 0 Å². The van der Waals surface area contributed by atoms with Gasteiger partial charge < -0.3 is 24.7 Å². The average molecular weight is 373 g/mol. The van der Waals surface area contributed by atoms with E-state index in [-0.39, 0.29) is 23.7 Å². The first-order valence-corrected chi connectivity index (χ1v) is 8.96. The van der Waals surface area contributed by atoms with Crippen LogP contribution < -0.4 is 10.6 Å². The Labute approximate surface area is 157 Å². The van der Waals surface area contributed by atoms with Crippen molar-refractivity contribution in [1.82, 2.24) is 20.2 Å². The molecule has 0 radical (unpaired) electrons. The van der Waals surface area contributed by atoms with Crippen LogP contribution >= 0.6 is 0 Å². The van der Waals surface area contributed by atoms with Crippen LogP contribution in [-0.2, 0) is 11.3 Å². The predicted molar refractivity (Wildman–Crippen MR) is 97.1 cm³/mol. The number of furan rings is 1. The van der Waals surface area contributed by atoms with Gasteiger partial charge in [-0.05, 0) is 31.9 Å². The van der Waals surface area contributed by atoms with Gasteiger partial charge in [-0.15, -0.1) is 0 Å². The zero-order valence-electron chi connectivity index (χ0n) is 15.2. The molecule has 2 aromatic rings. The molecule has 0 saturated carbocycles. The molecular formula is C18H23N5O4. The second-order valence-corrected chi connectivity index (χ2v) is 6.15. The summed E-state index contributed by atoms with van der Waals surface area (Å²) in [7, 11) is 0. The van der Waals surface area contributed by atoms with Crippen LogP contribution in [0.1, 0.15) is 36.0 Å². The molecule has 9 heteroatoms. The Hall–Kier alpha value is -3.10. The SMILES string of the molecule is CCOC(=O)N1CCC(NC(=O)c2cnc(NCc3ccco3)cn2)CC1. The number of aromatic nitrogens is 2. The highest BCUT2D eigenvalue weighted by Gasteiger charge is 2.25. The number of nitrogens with zero attached hydrogens (tertiary/aromatic N) is 3. The summed E-state index contributed by atoms with van der Waals surface area (Å²) in [5, 5.41) is 6.02. The van der Waals surface area contributed by atoms with Crippen molar-refractivity contribution in [1.29, 1.82) is 0 Å². The van der Waals surface area contributed by atoms with Crippen LogP contribution in [0.15, 0.2) is 35.2 Å². The fraction of sp³-hybridized carbons (Fsp3) is 0.444. The van der Waals surface area contributed by atoms with E-state index in [0.717, 1.165) is 5.76 Å². The van der Waals surface area contributed by atoms with Gasteiger partial charge in [-0.2, -0.15) is 0 Å². The third-order valence-electron chi connectivity index (χ3n) is 4.26. The minimum atomic E-state index is -0.300. The lowest BCUT2D eigenvalue weighted by molar-refractivity contribution is 0.0856. The number of carbonyl (C=O) groups is 2. The maximum Gasteiger partial charge on any atom is 0.409 e. The predicted octanol–water partition coefficient (Wildman–Crippen LogP) is 2.03. The Bertz CT molecular complexity index is 740. The fourth-order valence-electron chi connectivity index (χ4n) is 2.81. The summed E-state index contributed by atoms with van der Waals surface area (Å²) in [5.74, 6) is 1.08. The molecular weight excluding hydrogens is 350 g/mol. The van der Waals surface area contributed by atoms with E-state index in [4.69, 9.17) is 9.15 Å². The van der Waals surface area contributed by atoms with Crippen molar-refractivity contribution in [2.45, 2.75) is 32.4 Å². The Morgan fingerprint density at radius 3 is 2.74 bits per heavy atom. The van der Waals surface area contributed by atoms with Gasteiger partial charge in [-0.25, -0.2) is 14.8 Å². The molecule has 2 aromatic heterocycles. The molecule has 0 bridgehead atoms. The van der Waals surface area contributed by atoms with Gasteiger partial charge in [0.1, 0.15) is 17.3 Å². The minimum absolute atomic E-state index is 0.00160. The van der Waals surface area contributed by atoms with Gasteiger partial charge in [0.2, 0.25) is 0 Å². The van der Waals surface area contributed by atoms with Crippen molar-refractivity contribution >= 4 is 17.8 Å². The first-order chi connectivity index (χ1) is 13.2. The highest BCUT2D eigenvalue weighted by molar-refractivity contribution is 5.92. The molecule has 3 heterocycles. The maximum absolute atomic E-state index is 12.3. The van der Waals surface area contributed by atoms with Crippen LogP contribution in [0.3, 0.4) is 0 Å². The molecule has 1 fully saturated rings. The number of carbonyl (C=O) groups excluding carboxylic acids is 2. The van der Waals surface area contributed by atoms with Gasteiger partial charge in [0.05, 0.1) is 31.8 Å². The first-order valence-electron chi connectivity index (χ1n) is 8.96. The third kappa shape index (κ3) is 5.19. The second kappa shape index (κ2) is 9.02. The molecule has 0 aromatic carbocycles. The Balaban J connectivity index is 1.45.